The number of amides is 2. The molecule has 3 aromatic carbocycles. The van der Waals surface area contributed by atoms with Gasteiger partial charge in [-0.05, 0) is 57.2 Å². The maximum atomic E-state index is 13.6. The summed E-state index contributed by atoms with van der Waals surface area (Å²) >= 11 is 0. The molecule has 0 heterocycles. The van der Waals surface area contributed by atoms with Crippen LogP contribution < -0.4 is 19.7 Å². The number of carbonyl (C=O) groups excluding carboxylic acids is 2. The van der Waals surface area contributed by atoms with Crippen LogP contribution in [-0.2, 0) is 14.8 Å². The molecule has 0 atom stereocenters. The van der Waals surface area contributed by atoms with Gasteiger partial charge in [0.05, 0.1) is 28.9 Å². The molecule has 0 fully saturated rings. The van der Waals surface area contributed by atoms with Gasteiger partial charge in [0.1, 0.15) is 12.3 Å². The third-order valence-corrected chi connectivity index (χ3v) is 6.89. The molecule has 8 nitrogen and oxygen atoms in total. The quantitative estimate of drug-likeness (QED) is 0.467. The zero-order chi connectivity index (χ0) is 25.6. The number of anilines is 2. The average Bonchev–Trinajstić information content (AvgIpc) is 2.82. The largest absolute Gasteiger partial charge is 0.495 e. The number of ether oxygens (including phenoxy) is 1. The Morgan fingerprint density at radius 2 is 1.57 bits per heavy atom. The topological polar surface area (TPSA) is 105 Å². The first-order valence-electron chi connectivity index (χ1n) is 11.1. The second kappa shape index (κ2) is 11.1. The number of hydrogen-bond donors (Lipinski definition) is 2. The van der Waals surface area contributed by atoms with E-state index in [0.29, 0.717) is 5.75 Å². The zero-order valence-corrected chi connectivity index (χ0v) is 20.9. The van der Waals surface area contributed by atoms with Gasteiger partial charge >= 0.3 is 0 Å². The number of para-hydroxylation sites is 3. The molecule has 0 saturated heterocycles. The lowest BCUT2D eigenvalue weighted by Crippen LogP contribution is -2.38. The Labute approximate surface area is 206 Å². The summed E-state index contributed by atoms with van der Waals surface area (Å²) in [4.78, 5) is 25.7. The van der Waals surface area contributed by atoms with Crippen LogP contribution in [0.3, 0.4) is 0 Å². The number of nitrogens with one attached hydrogen (secondary N) is 2. The SMILES string of the molecule is COc1ccccc1N(CC(=O)Nc1ccccc1C(=O)NC(C)C)S(=O)(=O)c1ccc(C)cc1. The monoisotopic (exact) mass is 495 g/mol. The highest BCUT2D eigenvalue weighted by Gasteiger charge is 2.29. The Bertz CT molecular complexity index is 1300. The van der Waals surface area contributed by atoms with Crippen molar-refractivity contribution in [2.45, 2.75) is 31.7 Å². The van der Waals surface area contributed by atoms with Gasteiger partial charge < -0.3 is 15.4 Å². The minimum atomic E-state index is -4.12. The van der Waals surface area contributed by atoms with Crippen LogP contribution in [0.25, 0.3) is 0 Å². The first-order valence-corrected chi connectivity index (χ1v) is 12.5. The third kappa shape index (κ3) is 6.19. The lowest BCUT2D eigenvalue weighted by atomic mass is 10.1. The summed E-state index contributed by atoms with van der Waals surface area (Å²) in [6.45, 7) is 4.99. The lowest BCUT2D eigenvalue weighted by molar-refractivity contribution is -0.114. The van der Waals surface area contributed by atoms with Gasteiger partial charge in [-0.1, -0.05) is 42.0 Å². The summed E-state index contributed by atoms with van der Waals surface area (Å²) in [5.41, 5.74) is 1.68. The van der Waals surface area contributed by atoms with E-state index in [0.717, 1.165) is 9.87 Å². The molecule has 0 radical (unpaired) electrons. The number of rotatable bonds is 9. The van der Waals surface area contributed by atoms with Crippen LogP contribution in [0.1, 0.15) is 29.8 Å². The van der Waals surface area contributed by atoms with Crippen LogP contribution in [0.2, 0.25) is 0 Å². The van der Waals surface area contributed by atoms with Crippen molar-refractivity contribution in [2.24, 2.45) is 0 Å². The van der Waals surface area contributed by atoms with Crippen molar-refractivity contribution in [2.75, 3.05) is 23.3 Å². The molecule has 0 aromatic heterocycles. The summed E-state index contributed by atoms with van der Waals surface area (Å²) in [6, 6.07) is 19.4. The maximum Gasteiger partial charge on any atom is 0.264 e. The first-order chi connectivity index (χ1) is 16.6. The zero-order valence-electron chi connectivity index (χ0n) is 20.1. The van der Waals surface area contributed by atoms with Gasteiger partial charge in [0, 0.05) is 6.04 Å². The molecule has 35 heavy (non-hydrogen) atoms. The van der Waals surface area contributed by atoms with Crippen LogP contribution in [0.5, 0.6) is 5.75 Å². The molecule has 0 unspecified atom stereocenters. The molecule has 0 aliphatic carbocycles. The van der Waals surface area contributed by atoms with Crippen molar-refractivity contribution < 1.29 is 22.7 Å². The second-order valence-electron chi connectivity index (χ2n) is 8.22. The van der Waals surface area contributed by atoms with Crippen LogP contribution in [0.15, 0.2) is 77.7 Å². The molecule has 0 aliphatic heterocycles. The standard InChI is InChI=1S/C26H29N3O5S/c1-18(2)27-26(31)21-9-5-6-10-22(21)28-25(30)17-29(23-11-7-8-12-24(23)34-4)35(32,33)20-15-13-19(3)14-16-20/h5-16,18H,17H2,1-4H3,(H,27,31)(H,28,30). The van der Waals surface area contributed by atoms with Gasteiger partial charge in [-0.2, -0.15) is 0 Å². The van der Waals surface area contributed by atoms with Crippen molar-refractivity contribution in [1.29, 1.82) is 0 Å². The van der Waals surface area contributed by atoms with Gasteiger partial charge in [-0.25, -0.2) is 8.42 Å². The van der Waals surface area contributed by atoms with Crippen molar-refractivity contribution in [3.8, 4) is 5.75 Å². The van der Waals surface area contributed by atoms with Gasteiger partial charge in [0.25, 0.3) is 15.9 Å². The minimum absolute atomic E-state index is 0.0403. The normalized spacial score (nSPS) is 11.1. The van der Waals surface area contributed by atoms with Crippen LogP contribution in [-0.4, -0.2) is 39.9 Å². The van der Waals surface area contributed by atoms with Crippen molar-refractivity contribution in [3.05, 3.63) is 83.9 Å². The summed E-state index contributed by atoms with van der Waals surface area (Å²) in [6.07, 6.45) is 0. The Hall–Kier alpha value is -3.85. The number of sulfonamides is 1. The van der Waals surface area contributed by atoms with E-state index in [1.807, 2.05) is 20.8 Å². The van der Waals surface area contributed by atoms with E-state index < -0.39 is 22.5 Å². The van der Waals surface area contributed by atoms with Crippen LogP contribution >= 0.6 is 0 Å². The molecule has 0 spiro atoms. The Kier molecular flexibility index (Phi) is 8.14. The number of aryl methyl sites for hydroxylation is 1. The first kappa shape index (κ1) is 25.8. The molecule has 2 N–H and O–H groups in total. The maximum absolute atomic E-state index is 13.6. The Morgan fingerprint density at radius 1 is 0.943 bits per heavy atom. The Balaban J connectivity index is 1.97. The molecule has 3 aromatic rings. The number of hydrogen-bond acceptors (Lipinski definition) is 5. The van der Waals surface area contributed by atoms with Gasteiger partial charge in [-0.15, -0.1) is 0 Å². The molecular weight excluding hydrogens is 466 g/mol. The minimum Gasteiger partial charge on any atom is -0.495 e. The van der Waals surface area contributed by atoms with E-state index in [1.165, 1.54) is 19.2 Å². The van der Waals surface area contributed by atoms with Gasteiger partial charge in [0.15, 0.2) is 0 Å². The highest BCUT2D eigenvalue weighted by atomic mass is 32.2. The van der Waals surface area contributed by atoms with E-state index in [-0.39, 0.29) is 33.8 Å². The summed E-state index contributed by atoms with van der Waals surface area (Å²) in [5.74, 6) is -0.658. The van der Waals surface area contributed by atoms with E-state index in [9.17, 15) is 18.0 Å². The van der Waals surface area contributed by atoms with Crippen molar-refractivity contribution in [1.82, 2.24) is 5.32 Å². The smallest absolute Gasteiger partial charge is 0.264 e. The van der Waals surface area contributed by atoms with Crippen LogP contribution in [0.4, 0.5) is 11.4 Å². The number of nitrogens with zero attached hydrogens (tertiary/aromatic N) is 1. The highest BCUT2D eigenvalue weighted by molar-refractivity contribution is 7.92. The fourth-order valence-electron chi connectivity index (χ4n) is 3.42. The van der Waals surface area contributed by atoms with Crippen molar-refractivity contribution >= 4 is 33.2 Å². The van der Waals surface area contributed by atoms with Crippen LogP contribution in [0, 0.1) is 6.92 Å². The third-order valence-electron chi connectivity index (χ3n) is 5.12. The van der Waals surface area contributed by atoms with E-state index >= 15 is 0 Å². The van der Waals surface area contributed by atoms with E-state index in [4.69, 9.17) is 4.74 Å². The molecule has 3 rings (SSSR count). The fraction of sp³-hybridized carbons (Fsp3) is 0.231. The number of carbonyl (C=O) groups is 2. The summed E-state index contributed by atoms with van der Waals surface area (Å²) in [7, 11) is -2.69. The van der Waals surface area contributed by atoms with Crippen molar-refractivity contribution in [3.63, 3.8) is 0 Å². The molecular formula is C26H29N3O5S. The Morgan fingerprint density at radius 3 is 2.23 bits per heavy atom. The van der Waals surface area contributed by atoms with E-state index in [1.54, 1.807) is 60.7 Å². The molecule has 184 valence electrons. The summed E-state index contributed by atoms with van der Waals surface area (Å²) < 4.78 is 33.6. The highest BCUT2D eigenvalue weighted by Crippen LogP contribution is 2.32. The van der Waals surface area contributed by atoms with E-state index in [2.05, 4.69) is 10.6 Å². The fourth-order valence-corrected chi connectivity index (χ4v) is 4.85. The predicted octanol–water partition coefficient (Wildman–Crippen LogP) is 3.98. The molecule has 0 bridgehead atoms. The second-order valence-corrected chi connectivity index (χ2v) is 10.1. The number of methoxy groups -OCH3 is 1. The molecule has 0 aliphatic rings. The number of benzene rings is 3. The van der Waals surface area contributed by atoms with Gasteiger partial charge in [-0.3, -0.25) is 13.9 Å². The lowest BCUT2D eigenvalue weighted by Gasteiger charge is -2.26. The molecule has 2 amide bonds. The average molecular weight is 496 g/mol. The van der Waals surface area contributed by atoms with Gasteiger partial charge in [0.2, 0.25) is 5.91 Å². The predicted molar refractivity (Wildman–Crippen MR) is 136 cm³/mol. The molecule has 9 heteroatoms. The summed E-state index contributed by atoms with van der Waals surface area (Å²) in [5, 5.41) is 5.48. The molecule has 0 saturated carbocycles.